The van der Waals surface area contributed by atoms with Crippen LogP contribution >= 0.6 is 0 Å². The lowest BCUT2D eigenvalue weighted by atomic mass is 9.80. The largest absolute Gasteiger partial charge is 0.140 e. The van der Waals surface area contributed by atoms with Crippen molar-refractivity contribution in [2.75, 3.05) is 0 Å². The van der Waals surface area contributed by atoms with Gasteiger partial charge < -0.3 is 0 Å². The number of fused-ring (bicyclic) bond motifs is 3. The van der Waals surface area contributed by atoms with Crippen LogP contribution in [0.1, 0.15) is 19.4 Å². The predicted octanol–water partition coefficient (Wildman–Crippen LogP) is 6.27. The van der Waals surface area contributed by atoms with E-state index in [9.17, 15) is 0 Å². The van der Waals surface area contributed by atoms with E-state index in [0.717, 1.165) is 6.42 Å². The molecule has 0 atom stereocenters. The summed E-state index contributed by atoms with van der Waals surface area (Å²) < 4.78 is 0. The molecular weight excluding hydrogens is 347 g/mol. The molecule has 0 aliphatic rings. The summed E-state index contributed by atoms with van der Waals surface area (Å²) in [4.78, 5) is 0. The number of hydrogen-bond acceptors (Lipinski definition) is 0. The molecule has 5 aromatic carbocycles. The van der Waals surface area contributed by atoms with E-state index in [1.165, 1.54) is 54.5 Å². The predicted molar refractivity (Wildman–Crippen MR) is 131 cm³/mol. The van der Waals surface area contributed by atoms with Gasteiger partial charge in [0, 0.05) is 0 Å². The monoisotopic (exact) mass is 372 g/mol. The molecule has 0 saturated carbocycles. The Kier molecular flexibility index (Phi) is 4.40. The Morgan fingerprint density at radius 2 is 1.34 bits per heavy atom. The van der Waals surface area contributed by atoms with Gasteiger partial charge >= 0.3 is 0 Å². The molecule has 0 aliphatic carbocycles. The Morgan fingerprint density at radius 1 is 0.655 bits per heavy atom. The Labute approximate surface area is 173 Å². The fraction of sp³-hybridized carbons (Fsp3) is 0.143. The molecule has 0 radical (unpaired) electrons. The van der Waals surface area contributed by atoms with Crippen LogP contribution in [0.15, 0.2) is 84.9 Å². The van der Waals surface area contributed by atoms with Crippen LogP contribution in [-0.2, 0) is 6.42 Å². The van der Waals surface area contributed by atoms with E-state index in [4.69, 9.17) is 0 Å². The molecule has 5 rings (SSSR count). The molecular formula is C28H25B. The maximum absolute atomic E-state index is 2.43. The Balaban J connectivity index is 1.90. The van der Waals surface area contributed by atoms with Crippen molar-refractivity contribution >= 4 is 45.6 Å². The third kappa shape index (κ3) is 3.11. The molecule has 0 heterocycles. The maximum atomic E-state index is 2.43. The highest BCUT2D eigenvalue weighted by molar-refractivity contribution is 6.46. The number of benzene rings is 5. The van der Waals surface area contributed by atoms with Crippen molar-refractivity contribution in [1.29, 1.82) is 0 Å². The summed E-state index contributed by atoms with van der Waals surface area (Å²) in [6.45, 7) is 4.58. The smallest absolute Gasteiger partial charge is 0.0735 e. The minimum absolute atomic E-state index is 0.651. The Bertz CT molecular complexity index is 1360. The van der Waals surface area contributed by atoms with E-state index >= 15 is 0 Å². The highest BCUT2D eigenvalue weighted by Gasteiger charge is 2.14. The summed E-state index contributed by atoms with van der Waals surface area (Å²) in [5.74, 6) is 0.651. The fourth-order valence-electron chi connectivity index (χ4n) is 4.70. The molecule has 5 aromatic rings. The summed E-state index contributed by atoms with van der Waals surface area (Å²) >= 11 is 0. The van der Waals surface area contributed by atoms with Gasteiger partial charge in [0.25, 0.3) is 0 Å². The van der Waals surface area contributed by atoms with E-state index in [-0.39, 0.29) is 0 Å². The van der Waals surface area contributed by atoms with Gasteiger partial charge in [0.1, 0.15) is 7.85 Å². The topological polar surface area (TPSA) is 0 Å². The van der Waals surface area contributed by atoms with E-state index in [1.54, 1.807) is 0 Å². The highest BCUT2D eigenvalue weighted by Crippen LogP contribution is 2.37. The van der Waals surface area contributed by atoms with Crippen molar-refractivity contribution in [1.82, 2.24) is 0 Å². The first-order valence-corrected chi connectivity index (χ1v) is 10.5. The molecule has 140 valence electrons. The number of hydrogen-bond donors (Lipinski definition) is 0. The summed E-state index contributed by atoms with van der Waals surface area (Å²) in [5, 5.41) is 8.00. The average Bonchev–Trinajstić information content (AvgIpc) is 2.73. The van der Waals surface area contributed by atoms with Gasteiger partial charge in [0.05, 0.1) is 0 Å². The lowest BCUT2D eigenvalue weighted by Crippen LogP contribution is -2.08. The molecule has 0 N–H and O–H groups in total. The molecule has 0 bridgehead atoms. The highest BCUT2D eigenvalue weighted by atomic mass is 14.2. The van der Waals surface area contributed by atoms with Crippen molar-refractivity contribution < 1.29 is 0 Å². The third-order valence-corrected chi connectivity index (χ3v) is 6.04. The molecule has 0 aliphatic heterocycles. The lowest BCUT2D eigenvalue weighted by Gasteiger charge is -2.17. The first kappa shape index (κ1) is 18.0. The van der Waals surface area contributed by atoms with Crippen LogP contribution in [0, 0.1) is 5.92 Å². The second kappa shape index (κ2) is 7.08. The summed E-state index contributed by atoms with van der Waals surface area (Å²) in [7, 11) is 2.26. The van der Waals surface area contributed by atoms with E-state index in [2.05, 4.69) is 107 Å². The first-order valence-electron chi connectivity index (χ1n) is 10.5. The average molecular weight is 372 g/mol. The van der Waals surface area contributed by atoms with Crippen LogP contribution in [-0.4, -0.2) is 7.85 Å². The SMILES string of the molecule is Bc1c2ccccc2c(-c2ccc3ccccc3c2)c2cc(CC(C)C)ccc12. The molecule has 0 aromatic heterocycles. The van der Waals surface area contributed by atoms with E-state index in [0.29, 0.717) is 5.92 Å². The van der Waals surface area contributed by atoms with Gasteiger partial charge in [-0.25, -0.2) is 0 Å². The van der Waals surface area contributed by atoms with Crippen molar-refractivity contribution in [3.8, 4) is 11.1 Å². The summed E-state index contributed by atoms with van der Waals surface area (Å²) in [6.07, 6.45) is 1.11. The van der Waals surface area contributed by atoms with Crippen LogP contribution < -0.4 is 5.46 Å². The molecule has 0 fully saturated rings. The lowest BCUT2D eigenvalue weighted by molar-refractivity contribution is 0.648. The summed E-state index contributed by atoms with van der Waals surface area (Å²) in [6, 6.07) is 31.4. The van der Waals surface area contributed by atoms with Crippen molar-refractivity contribution in [2.45, 2.75) is 20.3 Å². The van der Waals surface area contributed by atoms with Crippen molar-refractivity contribution in [2.24, 2.45) is 5.92 Å². The van der Waals surface area contributed by atoms with Crippen LogP contribution in [0.2, 0.25) is 0 Å². The van der Waals surface area contributed by atoms with Gasteiger partial charge in [-0.3, -0.25) is 0 Å². The number of rotatable bonds is 3. The summed E-state index contributed by atoms with van der Waals surface area (Å²) in [5.41, 5.74) is 5.45. The van der Waals surface area contributed by atoms with Gasteiger partial charge in [-0.05, 0) is 67.4 Å². The van der Waals surface area contributed by atoms with Crippen LogP contribution in [0.4, 0.5) is 0 Å². The van der Waals surface area contributed by atoms with Crippen molar-refractivity contribution in [3.63, 3.8) is 0 Å². The molecule has 0 unspecified atom stereocenters. The zero-order valence-corrected chi connectivity index (χ0v) is 17.4. The standard InChI is InChI=1S/C28H25B/c1-18(2)15-19-11-14-25-26(16-19)27(23-9-5-6-10-24(23)28(25)29)22-13-12-20-7-3-4-8-21(20)17-22/h3-14,16-18H,15,29H2,1-2H3. The van der Waals surface area contributed by atoms with E-state index in [1.807, 2.05) is 0 Å². The molecule has 1 heteroatoms. The zero-order valence-electron chi connectivity index (χ0n) is 17.4. The van der Waals surface area contributed by atoms with Crippen LogP contribution in [0.3, 0.4) is 0 Å². The molecule has 29 heavy (non-hydrogen) atoms. The van der Waals surface area contributed by atoms with Crippen LogP contribution in [0.25, 0.3) is 43.4 Å². The van der Waals surface area contributed by atoms with E-state index < -0.39 is 0 Å². The first-order chi connectivity index (χ1) is 14.1. The zero-order chi connectivity index (χ0) is 20.0. The van der Waals surface area contributed by atoms with Gasteiger partial charge in [0.15, 0.2) is 0 Å². The van der Waals surface area contributed by atoms with Gasteiger partial charge in [-0.1, -0.05) is 98.2 Å². The third-order valence-electron chi connectivity index (χ3n) is 6.04. The molecule has 0 amide bonds. The van der Waals surface area contributed by atoms with Crippen molar-refractivity contribution in [3.05, 3.63) is 90.5 Å². The minimum Gasteiger partial charge on any atom is -0.0735 e. The quantitative estimate of drug-likeness (QED) is 0.259. The maximum Gasteiger partial charge on any atom is 0.140 e. The Hall–Kier alpha value is -3.06. The normalized spacial score (nSPS) is 11.7. The van der Waals surface area contributed by atoms with Crippen LogP contribution in [0.5, 0.6) is 0 Å². The molecule has 0 spiro atoms. The second-order valence-corrected chi connectivity index (χ2v) is 8.59. The minimum atomic E-state index is 0.651. The van der Waals surface area contributed by atoms with Gasteiger partial charge in [-0.15, -0.1) is 0 Å². The van der Waals surface area contributed by atoms with Gasteiger partial charge in [0.2, 0.25) is 0 Å². The molecule has 0 saturated heterocycles. The molecule has 0 nitrogen and oxygen atoms in total. The fourth-order valence-corrected chi connectivity index (χ4v) is 4.70. The second-order valence-electron chi connectivity index (χ2n) is 8.59. The Morgan fingerprint density at radius 3 is 2.14 bits per heavy atom. The van der Waals surface area contributed by atoms with Gasteiger partial charge in [-0.2, -0.15) is 0 Å².